The molecule has 0 fully saturated rings. The van der Waals surface area contributed by atoms with Crippen LogP contribution in [0.1, 0.15) is 11.1 Å². The number of anilines is 1. The number of halogens is 2. The molecule has 7 heteroatoms. The van der Waals surface area contributed by atoms with E-state index in [2.05, 4.69) is 31.9 Å². The predicted molar refractivity (Wildman–Crippen MR) is 116 cm³/mol. The molecule has 3 aromatic carbocycles. The van der Waals surface area contributed by atoms with E-state index in [1.165, 1.54) is 16.4 Å². The van der Waals surface area contributed by atoms with E-state index in [9.17, 15) is 8.42 Å². The Morgan fingerprint density at radius 2 is 1.19 bits per heavy atom. The molecule has 3 aromatic rings. The van der Waals surface area contributed by atoms with Gasteiger partial charge in [0, 0.05) is 27.7 Å². The van der Waals surface area contributed by atoms with Gasteiger partial charge in [0.1, 0.15) is 0 Å². The lowest BCUT2D eigenvalue weighted by Gasteiger charge is -2.23. The van der Waals surface area contributed by atoms with E-state index >= 15 is 0 Å². The zero-order valence-electron chi connectivity index (χ0n) is 14.3. The van der Waals surface area contributed by atoms with Crippen molar-refractivity contribution in [1.82, 2.24) is 4.31 Å². The molecule has 0 bridgehead atoms. The summed E-state index contributed by atoms with van der Waals surface area (Å²) in [5, 5.41) is 0. The summed E-state index contributed by atoms with van der Waals surface area (Å²) in [7, 11) is -3.71. The SMILES string of the molecule is Nc1ccc(S(=O)(=O)N(Cc2ccccc2Br)Cc2ccccc2Br)cc1. The van der Waals surface area contributed by atoms with E-state index in [0.717, 1.165) is 20.1 Å². The Balaban J connectivity index is 2.02. The van der Waals surface area contributed by atoms with Gasteiger partial charge in [0.25, 0.3) is 0 Å². The van der Waals surface area contributed by atoms with Gasteiger partial charge in [0.05, 0.1) is 4.90 Å². The van der Waals surface area contributed by atoms with Gasteiger partial charge in [-0.3, -0.25) is 0 Å². The molecule has 0 unspecified atom stereocenters. The van der Waals surface area contributed by atoms with Crippen molar-refractivity contribution < 1.29 is 8.42 Å². The van der Waals surface area contributed by atoms with Crippen molar-refractivity contribution in [3.05, 3.63) is 92.9 Å². The zero-order chi connectivity index (χ0) is 19.4. The first-order valence-corrected chi connectivity index (χ1v) is 11.2. The van der Waals surface area contributed by atoms with Gasteiger partial charge in [0.15, 0.2) is 0 Å². The Bertz CT molecular complexity index is 990. The van der Waals surface area contributed by atoms with Gasteiger partial charge in [-0.1, -0.05) is 68.3 Å². The molecule has 0 saturated carbocycles. The van der Waals surface area contributed by atoms with Crippen molar-refractivity contribution in [2.45, 2.75) is 18.0 Å². The van der Waals surface area contributed by atoms with Crippen LogP contribution in [0.2, 0.25) is 0 Å². The minimum absolute atomic E-state index is 0.218. The Morgan fingerprint density at radius 1 is 0.741 bits per heavy atom. The lowest BCUT2D eigenvalue weighted by molar-refractivity contribution is 0.400. The fraction of sp³-hybridized carbons (Fsp3) is 0.100. The molecule has 0 aliphatic heterocycles. The number of hydrogen-bond acceptors (Lipinski definition) is 3. The molecule has 0 aliphatic carbocycles. The molecule has 140 valence electrons. The first kappa shape index (κ1) is 20.1. The first-order chi connectivity index (χ1) is 12.9. The molecular weight excluding hydrogens is 492 g/mol. The third kappa shape index (κ3) is 4.79. The fourth-order valence-electron chi connectivity index (χ4n) is 2.65. The summed E-state index contributed by atoms with van der Waals surface area (Å²) in [6.07, 6.45) is 0. The van der Waals surface area contributed by atoms with Crippen LogP contribution >= 0.6 is 31.9 Å². The molecule has 0 spiro atoms. The maximum Gasteiger partial charge on any atom is 0.243 e. The topological polar surface area (TPSA) is 63.4 Å². The third-order valence-electron chi connectivity index (χ3n) is 4.13. The Morgan fingerprint density at radius 3 is 1.63 bits per heavy atom. The minimum atomic E-state index is -3.71. The Hall–Kier alpha value is -1.67. The number of hydrogen-bond donors (Lipinski definition) is 1. The monoisotopic (exact) mass is 508 g/mol. The lowest BCUT2D eigenvalue weighted by atomic mass is 10.2. The second-order valence-corrected chi connectivity index (χ2v) is 9.67. The van der Waals surface area contributed by atoms with Gasteiger partial charge in [0.2, 0.25) is 10.0 Å². The highest BCUT2D eigenvalue weighted by Gasteiger charge is 2.26. The van der Waals surface area contributed by atoms with Crippen LogP contribution in [0.15, 0.2) is 86.6 Å². The minimum Gasteiger partial charge on any atom is -0.399 e. The summed E-state index contributed by atoms with van der Waals surface area (Å²) >= 11 is 7.02. The van der Waals surface area contributed by atoms with Gasteiger partial charge >= 0.3 is 0 Å². The van der Waals surface area contributed by atoms with Crippen LogP contribution in [0.4, 0.5) is 5.69 Å². The van der Waals surface area contributed by atoms with Crippen LogP contribution < -0.4 is 5.73 Å². The average molecular weight is 510 g/mol. The second kappa shape index (κ2) is 8.56. The fourth-order valence-corrected chi connectivity index (χ4v) is 4.86. The van der Waals surface area contributed by atoms with Gasteiger partial charge < -0.3 is 5.73 Å². The van der Waals surface area contributed by atoms with E-state index in [1.54, 1.807) is 12.1 Å². The van der Waals surface area contributed by atoms with E-state index < -0.39 is 10.0 Å². The zero-order valence-corrected chi connectivity index (χ0v) is 18.3. The maximum atomic E-state index is 13.3. The van der Waals surface area contributed by atoms with Crippen LogP contribution in [-0.4, -0.2) is 12.7 Å². The maximum absolute atomic E-state index is 13.3. The summed E-state index contributed by atoms with van der Waals surface area (Å²) in [6, 6.07) is 21.5. The van der Waals surface area contributed by atoms with E-state index in [4.69, 9.17) is 5.73 Å². The molecule has 3 rings (SSSR count). The second-order valence-electron chi connectivity index (χ2n) is 6.02. The summed E-state index contributed by atoms with van der Waals surface area (Å²) in [5.41, 5.74) is 8.02. The molecule has 2 N–H and O–H groups in total. The predicted octanol–water partition coefficient (Wildman–Crippen LogP) is 5.18. The molecule has 0 amide bonds. The van der Waals surface area contributed by atoms with Crippen LogP contribution in [0.25, 0.3) is 0 Å². The number of nitrogens with two attached hydrogens (primary N) is 1. The van der Waals surface area contributed by atoms with Crippen molar-refractivity contribution in [1.29, 1.82) is 0 Å². The quantitative estimate of drug-likeness (QED) is 0.465. The van der Waals surface area contributed by atoms with E-state index in [-0.39, 0.29) is 18.0 Å². The number of benzene rings is 3. The highest BCUT2D eigenvalue weighted by molar-refractivity contribution is 9.10. The van der Waals surface area contributed by atoms with Crippen molar-refractivity contribution in [2.75, 3.05) is 5.73 Å². The molecular formula is C20H18Br2N2O2S. The summed E-state index contributed by atoms with van der Waals surface area (Å²) in [6.45, 7) is 0.491. The summed E-state index contributed by atoms with van der Waals surface area (Å²) < 4.78 is 29.9. The molecule has 0 aromatic heterocycles. The van der Waals surface area contributed by atoms with Crippen LogP contribution in [0, 0.1) is 0 Å². The molecule has 0 radical (unpaired) electrons. The first-order valence-electron chi connectivity index (χ1n) is 8.20. The summed E-state index contributed by atoms with van der Waals surface area (Å²) in [5.74, 6) is 0. The Kier molecular flexibility index (Phi) is 6.37. The standard InChI is InChI=1S/C20H18Br2N2O2S/c21-19-7-3-1-5-15(19)13-24(14-16-6-2-4-8-20(16)22)27(25,26)18-11-9-17(23)10-12-18/h1-12H,13-14,23H2. The molecule has 0 aliphatic rings. The molecule has 0 saturated heterocycles. The highest BCUT2D eigenvalue weighted by Crippen LogP contribution is 2.27. The van der Waals surface area contributed by atoms with Gasteiger partial charge in [-0.05, 0) is 47.5 Å². The van der Waals surface area contributed by atoms with Gasteiger partial charge in [-0.25, -0.2) is 8.42 Å². The molecule has 4 nitrogen and oxygen atoms in total. The molecule has 27 heavy (non-hydrogen) atoms. The van der Waals surface area contributed by atoms with Crippen molar-refractivity contribution >= 4 is 47.6 Å². The smallest absolute Gasteiger partial charge is 0.243 e. The van der Waals surface area contributed by atoms with Gasteiger partial charge in [-0.15, -0.1) is 0 Å². The molecule has 0 atom stereocenters. The largest absolute Gasteiger partial charge is 0.399 e. The van der Waals surface area contributed by atoms with E-state index in [1.807, 2.05) is 48.5 Å². The average Bonchev–Trinajstić information content (AvgIpc) is 2.65. The molecule has 0 heterocycles. The number of nitrogen functional groups attached to an aromatic ring is 1. The van der Waals surface area contributed by atoms with Crippen LogP contribution in [-0.2, 0) is 23.1 Å². The van der Waals surface area contributed by atoms with Crippen molar-refractivity contribution in [3.8, 4) is 0 Å². The number of sulfonamides is 1. The normalized spacial score (nSPS) is 11.7. The van der Waals surface area contributed by atoms with Crippen molar-refractivity contribution in [3.63, 3.8) is 0 Å². The van der Waals surface area contributed by atoms with Crippen molar-refractivity contribution in [2.24, 2.45) is 0 Å². The van der Waals surface area contributed by atoms with Crippen LogP contribution in [0.3, 0.4) is 0 Å². The lowest BCUT2D eigenvalue weighted by Crippen LogP contribution is -2.30. The van der Waals surface area contributed by atoms with Gasteiger partial charge in [-0.2, -0.15) is 4.31 Å². The van der Waals surface area contributed by atoms with Crippen LogP contribution in [0.5, 0.6) is 0 Å². The number of rotatable bonds is 6. The highest BCUT2D eigenvalue weighted by atomic mass is 79.9. The summed E-state index contributed by atoms with van der Waals surface area (Å²) in [4.78, 5) is 0.218. The Labute approximate surface area is 176 Å². The van der Waals surface area contributed by atoms with E-state index in [0.29, 0.717) is 5.69 Å². The number of nitrogens with zero attached hydrogens (tertiary/aromatic N) is 1. The third-order valence-corrected chi connectivity index (χ3v) is 7.48.